The summed E-state index contributed by atoms with van der Waals surface area (Å²) >= 11 is 0. The zero-order chi connectivity index (χ0) is 15.6. The molecule has 4 atom stereocenters. The number of halogens is 3. The van der Waals surface area contributed by atoms with Crippen LogP contribution in [0.4, 0.5) is 13.2 Å². The fourth-order valence-electron chi connectivity index (χ4n) is 2.01. The number of hydrogen-bond acceptors (Lipinski definition) is 2. The Morgan fingerprint density at radius 3 is 2.43 bits per heavy atom. The van der Waals surface area contributed by atoms with Gasteiger partial charge in [-0.05, 0) is 19.1 Å². The van der Waals surface area contributed by atoms with Gasteiger partial charge >= 0.3 is 0 Å². The molecule has 1 aliphatic carbocycles. The van der Waals surface area contributed by atoms with E-state index >= 15 is 0 Å². The van der Waals surface area contributed by atoms with Gasteiger partial charge in [0.15, 0.2) is 0 Å². The first kappa shape index (κ1) is 15.8. The molecule has 1 aliphatic heterocycles. The molecule has 1 N–H and O–H groups in total. The molecule has 4 unspecified atom stereocenters. The topological polar surface area (TPSA) is 33.1 Å². The summed E-state index contributed by atoms with van der Waals surface area (Å²) in [7, 11) is 0. The van der Waals surface area contributed by atoms with Crippen LogP contribution in [0, 0.1) is 5.92 Å². The number of aromatic nitrogens is 1. The van der Waals surface area contributed by atoms with Crippen LogP contribution >= 0.6 is 0 Å². The quantitative estimate of drug-likeness (QED) is 0.793. The fraction of sp³-hybridized carbons (Fsp3) is 0.438. The van der Waals surface area contributed by atoms with E-state index in [-0.39, 0.29) is 0 Å². The van der Waals surface area contributed by atoms with Crippen LogP contribution in [0.15, 0.2) is 30.3 Å². The lowest BCUT2D eigenvalue weighted by Crippen LogP contribution is -2.35. The average Bonchev–Trinajstić information content (AvgIpc) is 3.17. The molecule has 0 saturated carbocycles. The van der Waals surface area contributed by atoms with Crippen molar-refractivity contribution < 1.29 is 18.3 Å². The highest BCUT2D eigenvalue weighted by atomic mass is 19.2. The van der Waals surface area contributed by atoms with E-state index in [2.05, 4.69) is 29.2 Å². The largest absolute Gasteiger partial charge is 0.387 e. The van der Waals surface area contributed by atoms with E-state index < -0.39 is 31.0 Å². The zero-order valence-electron chi connectivity index (χ0n) is 11.9. The monoisotopic (exact) mass is 297 g/mol. The lowest BCUT2D eigenvalue weighted by molar-refractivity contribution is -0.00779. The van der Waals surface area contributed by atoms with Crippen molar-refractivity contribution in [2.75, 3.05) is 6.67 Å². The Bertz CT molecular complexity index is 617. The predicted octanol–water partition coefficient (Wildman–Crippen LogP) is 3.86. The molecule has 3 rings (SSSR count). The Balaban J connectivity index is 0.000000153. The Morgan fingerprint density at radius 2 is 1.86 bits per heavy atom. The molecule has 0 amide bonds. The minimum atomic E-state index is -1.82. The van der Waals surface area contributed by atoms with Crippen LogP contribution in [-0.4, -0.2) is 35.2 Å². The SMILES string of the molecule is CC(F)C(O)C(F)C(C)CF.c1ccc2c3cc-3nc2c1. The van der Waals surface area contributed by atoms with Crippen molar-refractivity contribution >= 4 is 10.9 Å². The van der Waals surface area contributed by atoms with E-state index in [4.69, 9.17) is 5.11 Å². The number of hydrogen-bond donors (Lipinski definition) is 1. The summed E-state index contributed by atoms with van der Waals surface area (Å²) in [5.41, 5.74) is 3.66. The van der Waals surface area contributed by atoms with Crippen LogP contribution in [0.25, 0.3) is 22.2 Å². The molecule has 114 valence electrons. The van der Waals surface area contributed by atoms with Gasteiger partial charge in [-0.3, -0.25) is 4.39 Å². The molecule has 1 heterocycles. The van der Waals surface area contributed by atoms with Crippen LogP contribution in [0.2, 0.25) is 0 Å². The van der Waals surface area contributed by atoms with Crippen molar-refractivity contribution in [2.24, 2.45) is 5.92 Å². The molecule has 0 aromatic heterocycles. The summed E-state index contributed by atoms with van der Waals surface area (Å²) < 4.78 is 36.7. The first-order chi connectivity index (χ1) is 9.95. The molecule has 2 nitrogen and oxygen atoms in total. The minimum absolute atomic E-state index is 0.884. The maximum Gasteiger partial charge on any atom is 0.134 e. The van der Waals surface area contributed by atoms with Gasteiger partial charge in [0.2, 0.25) is 0 Å². The van der Waals surface area contributed by atoms with Crippen LogP contribution < -0.4 is 0 Å². The molecule has 0 saturated heterocycles. The van der Waals surface area contributed by atoms with Crippen molar-refractivity contribution in [3.8, 4) is 11.3 Å². The summed E-state index contributed by atoms with van der Waals surface area (Å²) in [6, 6.07) is 10.4. The van der Waals surface area contributed by atoms with E-state index in [9.17, 15) is 13.2 Å². The van der Waals surface area contributed by atoms with Crippen molar-refractivity contribution in [3.05, 3.63) is 30.3 Å². The summed E-state index contributed by atoms with van der Waals surface area (Å²) in [5.74, 6) is -0.941. The molecule has 0 radical (unpaired) electrons. The molecular weight excluding hydrogens is 279 g/mol. The Kier molecular flexibility index (Phi) is 4.83. The molecule has 1 aromatic rings. The number of pyridine rings is 1. The highest BCUT2D eigenvalue weighted by Crippen LogP contribution is 2.39. The van der Waals surface area contributed by atoms with Gasteiger partial charge in [0.05, 0.1) is 17.9 Å². The van der Waals surface area contributed by atoms with E-state index in [0.717, 1.165) is 12.4 Å². The highest BCUT2D eigenvalue weighted by molar-refractivity contribution is 6.04. The van der Waals surface area contributed by atoms with Gasteiger partial charge in [-0.15, -0.1) is 0 Å². The second-order valence-electron chi connectivity index (χ2n) is 5.32. The maximum atomic E-state index is 12.7. The summed E-state index contributed by atoms with van der Waals surface area (Å²) in [5, 5.41) is 10.1. The minimum Gasteiger partial charge on any atom is -0.387 e. The van der Waals surface area contributed by atoms with Gasteiger partial charge in [-0.2, -0.15) is 0 Å². The van der Waals surface area contributed by atoms with Crippen molar-refractivity contribution in [1.29, 1.82) is 0 Å². The molecule has 1 aromatic carbocycles. The number of aliphatic hydroxyl groups excluding tert-OH is 1. The Morgan fingerprint density at radius 1 is 1.19 bits per heavy atom. The van der Waals surface area contributed by atoms with Gasteiger partial charge in [-0.25, -0.2) is 13.8 Å². The number of benzene rings is 1. The molecule has 5 heteroatoms. The third-order valence-corrected chi connectivity index (χ3v) is 3.49. The molecule has 21 heavy (non-hydrogen) atoms. The number of para-hydroxylation sites is 1. The molecule has 0 spiro atoms. The summed E-state index contributed by atoms with van der Waals surface area (Å²) in [6.45, 7) is 1.45. The second-order valence-corrected chi connectivity index (χ2v) is 5.32. The molecule has 2 aliphatic rings. The van der Waals surface area contributed by atoms with E-state index in [1.54, 1.807) is 0 Å². The first-order valence-corrected chi connectivity index (χ1v) is 6.88. The molecular formula is C16H18F3NO. The number of alkyl halides is 3. The fourth-order valence-corrected chi connectivity index (χ4v) is 2.01. The van der Waals surface area contributed by atoms with Gasteiger partial charge in [0.25, 0.3) is 0 Å². The molecule has 0 fully saturated rings. The summed E-state index contributed by atoms with van der Waals surface area (Å²) in [4.78, 5) is 4.35. The van der Waals surface area contributed by atoms with Crippen LogP contribution in [-0.2, 0) is 0 Å². The number of fused-ring (bicyclic) bond motifs is 3. The summed E-state index contributed by atoms with van der Waals surface area (Å²) in [6.07, 6.45) is -5.18. The number of aliphatic hydroxyl groups is 1. The van der Waals surface area contributed by atoms with Gasteiger partial charge < -0.3 is 5.11 Å². The van der Waals surface area contributed by atoms with Crippen molar-refractivity contribution in [1.82, 2.24) is 4.98 Å². The van der Waals surface area contributed by atoms with Crippen LogP contribution in [0.1, 0.15) is 13.8 Å². The van der Waals surface area contributed by atoms with Gasteiger partial charge in [0, 0.05) is 16.9 Å². The smallest absolute Gasteiger partial charge is 0.134 e. The Hall–Kier alpha value is -1.62. The normalized spacial score (nSPS) is 17.4. The lowest BCUT2D eigenvalue weighted by Gasteiger charge is -2.20. The van der Waals surface area contributed by atoms with Crippen LogP contribution in [0.5, 0.6) is 0 Å². The van der Waals surface area contributed by atoms with Gasteiger partial charge in [-0.1, -0.05) is 25.1 Å². The van der Waals surface area contributed by atoms with Crippen LogP contribution in [0.3, 0.4) is 0 Å². The van der Waals surface area contributed by atoms with E-state index in [0.29, 0.717) is 0 Å². The number of nitrogens with zero attached hydrogens (tertiary/aromatic N) is 1. The van der Waals surface area contributed by atoms with Crippen molar-refractivity contribution in [2.45, 2.75) is 32.3 Å². The third-order valence-electron chi connectivity index (χ3n) is 3.49. The Labute approximate surface area is 121 Å². The lowest BCUT2D eigenvalue weighted by atomic mass is 10.0. The van der Waals surface area contributed by atoms with E-state index in [1.165, 1.54) is 23.6 Å². The molecule has 0 bridgehead atoms. The highest BCUT2D eigenvalue weighted by Gasteiger charge is 2.29. The second kappa shape index (κ2) is 6.43. The average molecular weight is 297 g/mol. The third kappa shape index (κ3) is 3.53. The van der Waals surface area contributed by atoms with Crippen molar-refractivity contribution in [3.63, 3.8) is 0 Å². The number of rotatable bonds is 4. The van der Waals surface area contributed by atoms with E-state index in [1.807, 2.05) is 6.07 Å². The zero-order valence-corrected chi connectivity index (χ0v) is 11.9. The first-order valence-electron chi connectivity index (χ1n) is 6.88. The van der Waals surface area contributed by atoms with Gasteiger partial charge in [0.1, 0.15) is 18.4 Å². The maximum absolute atomic E-state index is 12.7. The predicted molar refractivity (Wildman–Crippen MR) is 77.3 cm³/mol. The standard InChI is InChI=1S/C9H5N.C7H13F3O/c1-2-4-8-6(3-1)7-5-9(7)10-8;1-4(3-8)6(10)7(11)5(2)9/h1-5H;4-7,11H,3H2,1-2H3.